The second-order valence-corrected chi connectivity index (χ2v) is 7.35. The molecule has 3 rings (SSSR count). The Kier molecular flexibility index (Phi) is 4.66. The van der Waals surface area contributed by atoms with Crippen molar-refractivity contribution in [1.82, 2.24) is 9.55 Å². The molecule has 0 fully saturated rings. The molecule has 112 valence electrons. The highest BCUT2D eigenvalue weighted by atomic mass is 35.5. The summed E-state index contributed by atoms with van der Waals surface area (Å²) in [4.78, 5) is 18.5. The van der Waals surface area contributed by atoms with Crippen molar-refractivity contribution in [2.75, 3.05) is 5.75 Å². The van der Waals surface area contributed by atoms with Gasteiger partial charge in [-0.1, -0.05) is 29.4 Å². The third-order valence-electron chi connectivity index (χ3n) is 3.04. The molecule has 3 nitrogen and oxygen atoms in total. The number of hydrogen-bond donors (Lipinski definition) is 0. The number of aryl methyl sites for hydroxylation is 1. The first-order valence-electron chi connectivity index (χ1n) is 6.65. The lowest BCUT2D eigenvalue weighted by molar-refractivity contribution is 0.102. The van der Waals surface area contributed by atoms with E-state index in [0.29, 0.717) is 10.8 Å². The van der Waals surface area contributed by atoms with Crippen molar-refractivity contribution in [2.45, 2.75) is 12.1 Å². The second-order valence-electron chi connectivity index (χ2n) is 4.68. The minimum Gasteiger partial charge on any atom is -0.295 e. The molecule has 0 saturated heterocycles. The van der Waals surface area contributed by atoms with Crippen LogP contribution in [0.25, 0.3) is 5.69 Å². The van der Waals surface area contributed by atoms with Crippen molar-refractivity contribution in [3.05, 3.63) is 63.6 Å². The van der Waals surface area contributed by atoms with E-state index in [9.17, 15) is 4.79 Å². The van der Waals surface area contributed by atoms with Crippen molar-refractivity contribution in [2.24, 2.45) is 0 Å². The van der Waals surface area contributed by atoms with Gasteiger partial charge in [0.25, 0.3) is 0 Å². The van der Waals surface area contributed by atoms with Crippen LogP contribution >= 0.6 is 34.7 Å². The van der Waals surface area contributed by atoms with Gasteiger partial charge >= 0.3 is 0 Å². The predicted octanol–water partition coefficient (Wildman–Crippen LogP) is 4.87. The van der Waals surface area contributed by atoms with Crippen molar-refractivity contribution < 1.29 is 4.79 Å². The number of carbonyl (C=O) groups excluding carboxylic acids is 1. The van der Waals surface area contributed by atoms with Gasteiger partial charge in [-0.3, -0.25) is 9.36 Å². The smallest absolute Gasteiger partial charge is 0.183 e. The molecule has 0 bridgehead atoms. The minimum absolute atomic E-state index is 0.128. The molecular formula is C16H13ClN2OS2. The van der Waals surface area contributed by atoms with Crippen molar-refractivity contribution in [3.8, 4) is 5.69 Å². The fraction of sp³-hybridized carbons (Fsp3) is 0.125. The summed E-state index contributed by atoms with van der Waals surface area (Å²) in [6.07, 6.45) is 3.59. The average Bonchev–Trinajstić information content (AvgIpc) is 3.13. The Morgan fingerprint density at radius 2 is 2.23 bits per heavy atom. The number of Topliss-reactive ketones (excluding diaryl/α,β-unsaturated/α-hetero) is 1. The summed E-state index contributed by atoms with van der Waals surface area (Å²) < 4.78 is 1.93. The van der Waals surface area contributed by atoms with Crippen LogP contribution in [-0.2, 0) is 0 Å². The summed E-state index contributed by atoms with van der Waals surface area (Å²) in [6, 6.07) is 11.4. The second kappa shape index (κ2) is 6.69. The molecule has 6 heteroatoms. The number of hydrogen-bond acceptors (Lipinski definition) is 4. The molecule has 1 aromatic carbocycles. The molecule has 2 heterocycles. The van der Waals surface area contributed by atoms with Crippen molar-refractivity contribution >= 4 is 40.5 Å². The molecule has 0 aliphatic carbocycles. The van der Waals surface area contributed by atoms with E-state index in [1.54, 1.807) is 6.20 Å². The Morgan fingerprint density at radius 1 is 1.36 bits per heavy atom. The first-order chi connectivity index (χ1) is 10.6. The van der Waals surface area contributed by atoms with Crippen molar-refractivity contribution in [1.29, 1.82) is 0 Å². The maximum absolute atomic E-state index is 12.2. The summed E-state index contributed by atoms with van der Waals surface area (Å²) in [5.41, 5.74) is 0.937. The SMILES string of the molecule is Cc1ccc(C(=O)CSc2nccn2-c2cccc(Cl)c2)s1. The molecule has 2 aromatic heterocycles. The largest absolute Gasteiger partial charge is 0.295 e. The molecule has 0 aliphatic rings. The van der Waals surface area contributed by atoms with Crippen LogP contribution in [0.15, 0.2) is 53.9 Å². The van der Waals surface area contributed by atoms with E-state index in [0.717, 1.165) is 20.6 Å². The summed E-state index contributed by atoms with van der Waals surface area (Å²) in [5.74, 6) is 0.501. The zero-order valence-corrected chi connectivity index (χ0v) is 14.2. The fourth-order valence-electron chi connectivity index (χ4n) is 2.00. The molecule has 0 aliphatic heterocycles. The van der Waals surface area contributed by atoms with E-state index in [1.807, 2.05) is 54.1 Å². The standard InChI is InChI=1S/C16H13ClN2OS2/c1-11-5-6-15(22-11)14(20)10-21-16-18-7-8-19(16)13-4-2-3-12(17)9-13/h2-9H,10H2,1H3. The molecule has 22 heavy (non-hydrogen) atoms. The lowest BCUT2D eigenvalue weighted by Gasteiger charge is -2.07. The van der Waals surface area contributed by atoms with Gasteiger partial charge in [0.1, 0.15) is 0 Å². The molecule has 0 saturated carbocycles. The van der Waals surface area contributed by atoms with Gasteiger partial charge < -0.3 is 0 Å². The number of benzene rings is 1. The number of rotatable bonds is 5. The summed E-state index contributed by atoms with van der Waals surface area (Å²) in [6.45, 7) is 2.00. The first kappa shape index (κ1) is 15.3. The molecule has 0 spiro atoms. The number of thiophene rings is 1. The van der Waals surface area contributed by atoms with Crippen LogP contribution in [0.2, 0.25) is 5.02 Å². The number of imidazole rings is 1. The van der Waals surface area contributed by atoms with Crippen molar-refractivity contribution in [3.63, 3.8) is 0 Å². The van der Waals surface area contributed by atoms with Gasteiger partial charge in [0.05, 0.1) is 10.6 Å². The average molecular weight is 349 g/mol. The van der Waals surface area contributed by atoms with E-state index in [1.165, 1.54) is 23.1 Å². The number of halogens is 1. The zero-order chi connectivity index (χ0) is 15.5. The fourth-order valence-corrected chi connectivity index (χ4v) is 3.94. The Hall–Kier alpha value is -1.56. The highest BCUT2D eigenvalue weighted by molar-refractivity contribution is 7.99. The van der Waals surface area contributed by atoms with Gasteiger partial charge in [-0.15, -0.1) is 11.3 Å². The molecule has 0 atom stereocenters. The van der Waals surface area contributed by atoms with Crippen LogP contribution in [0.1, 0.15) is 14.5 Å². The maximum Gasteiger partial charge on any atom is 0.183 e. The minimum atomic E-state index is 0.128. The third kappa shape index (κ3) is 3.43. The zero-order valence-electron chi connectivity index (χ0n) is 11.8. The topological polar surface area (TPSA) is 34.9 Å². The number of carbonyl (C=O) groups is 1. The van der Waals surface area contributed by atoms with Crippen LogP contribution in [-0.4, -0.2) is 21.1 Å². The number of nitrogens with zero attached hydrogens (tertiary/aromatic N) is 2. The third-order valence-corrected chi connectivity index (χ3v) is 5.28. The number of ketones is 1. The summed E-state index contributed by atoms with van der Waals surface area (Å²) in [7, 11) is 0. The van der Waals surface area contributed by atoms with Gasteiger partial charge in [0, 0.05) is 28.0 Å². The number of thioether (sulfide) groups is 1. The van der Waals surface area contributed by atoms with Gasteiger partial charge in [0.15, 0.2) is 10.9 Å². The lowest BCUT2D eigenvalue weighted by Crippen LogP contribution is -2.02. The molecule has 0 N–H and O–H groups in total. The van der Waals surface area contributed by atoms with Gasteiger partial charge in [-0.05, 0) is 37.3 Å². The van der Waals surface area contributed by atoms with E-state index in [4.69, 9.17) is 11.6 Å². The van der Waals surface area contributed by atoms with Crippen LogP contribution in [0.5, 0.6) is 0 Å². The molecule has 0 radical (unpaired) electrons. The van der Waals surface area contributed by atoms with E-state index in [-0.39, 0.29) is 5.78 Å². The number of aromatic nitrogens is 2. The van der Waals surface area contributed by atoms with Crippen LogP contribution in [0.3, 0.4) is 0 Å². The van der Waals surface area contributed by atoms with E-state index in [2.05, 4.69) is 4.98 Å². The Bertz CT molecular complexity index is 810. The predicted molar refractivity (Wildman–Crippen MR) is 92.7 cm³/mol. The Morgan fingerprint density at radius 3 is 2.95 bits per heavy atom. The van der Waals surface area contributed by atoms with Crippen LogP contribution < -0.4 is 0 Å². The molecule has 0 unspecified atom stereocenters. The summed E-state index contributed by atoms with van der Waals surface area (Å²) >= 11 is 8.99. The maximum atomic E-state index is 12.2. The molecular weight excluding hydrogens is 336 g/mol. The summed E-state index contributed by atoms with van der Waals surface area (Å²) in [5, 5.41) is 1.45. The quantitative estimate of drug-likeness (QED) is 0.487. The Balaban J connectivity index is 1.74. The van der Waals surface area contributed by atoms with E-state index >= 15 is 0 Å². The van der Waals surface area contributed by atoms with Gasteiger partial charge in [-0.2, -0.15) is 0 Å². The normalized spacial score (nSPS) is 10.8. The lowest BCUT2D eigenvalue weighted by atomic mass is 10.3. The highest BCUT2D eigenvalue weighted by Crippen LogP contribution is 2.24. The van der Waals surface area contributed by atoms with Crippen LogP contribution in [0, 0.1) is 6.92 Å². The monoisotopic (exact) mass is 348 g/mol. The first-order valence-corrected chi connectivity index (χ1v) is 8.83. The van der Waals surface area contributed by atoms with Crippen LogP contribution in [0.4, 0.5) is 0 Å². The van der Waals surface area contributed by atoms with E-state index < -0.39 is 0 Å². The highest BCUT2D eigenvalue weighted by Gasteiger charge is 2.12. The molecule has 3 aromatic rings. The van der Waals surface area contributed by atoms with Gasteiger partial charge in [-0.25, -0.2) is 4.98 Å². The Labute approximate surface area is 142 Å². The molecule has 0 amide bonds. The van der Waals surface area contributed by atoms with Gasteiger partial charge in [0.2, 0.25) is 0 Å².